The number of benzene rings is 1. The fourth-order valence-corrected chi connectivity index (χ4v) is 2.33. The fourth-order valence-electron chi connectivity index (χ4n) is 2.33. The molecule has 1 heterocycles. The maximum absolute atomic E-state index is 3.47. The minimum atomic E-state index is 0.254. The number of para-hydroxylation sites is 1. The van der Waals surface area contributed by atoms with Crippen LogP contribution in [0, 0.1) is 6.92 Å². The molecule has 0 bridgehead atoms. The maximum atomic E-state index is 3.47. The summed E-state index contributed by atoms with van der Waals surface area (Å²) in [6.07, 6.45) is 1.16. The first-order valence-electron chi connectivity index (χ1n) is 5.64. The minimum Gasteiger partial charge on any atom is -0.358 e. The van der Waals surface area contributed by atoms with Gasteiger partial charge in [0, 0.05) is 16.6 Å². The fraction of sp³-hybridized carbons (Fsp3) is 0.429. The van der Waals surface area contributed by atoms with Gasteiger partial charge in [0.25, 0.3) is 0 Å². The molecule has 1 nitrogen and oxygen atoms in total. The molecule has 15 heavy (non-hydrogen) atoms. The maximum Gasteiger partial charge on any atom is 0.0459 e. The van der Waals surface area contributed by atoms with E-state index >= 15 is 0 Å². The van der Waals surface area contributed by atoms with Crippen LogP contribution in [-0.2, 0) is 5.41 Å². The van der Waals surface area contributed by atoms with Gasteiger partial charge in [-0.2, -0.15) is 0 Å². The Hall–Kier alpha value is -1.24. The molecule has 1 aromatic carbocycles. The SMILES string of the molecule is CCC(C)(C)c1c(C)[nH]c2ccccc12. The molecule has 80 valence electrons. The molecule has 0 spiro atoms. The van der Waals surface area contributed by atoms with Crippen LogP contribution in [-0.4, -0.2) is 4.98 Å². The summed E-state index contributed by atoms with van der Waals surface area (Å²) in [4.78, 5) is 3.47. The van der Waals surface area contributed by atoms with Crippen LogP contribution in [0.3, 0.4) is 0 Å². The summed E-state index contributed by atoms with van der Waals surface area (Å²) in [6.45, 7) is 9.05. The highest BCUT2D eigenvalue weighted by molar-refractivity contribution is 5.85. The molecular weight excluding hydrogens is 182 g/mol. The Kier molecular flexibility index (Phi) is 2.34. The van der Waals surface area contributed by atoms with Crippen LogP contribution >= 0.6 is 0 Å². The Morgan fingerprint density at radius 3 is 2.53 bits per heavy atom. The molecule has 0 amide bonds. The van der Waals surface area contributed by atoms with Gasteiger partial charge in [-0.15, -0.1) is 0 Å². The summed E-state index contributed by atoms with van der Waals surface area (Å²) in [5.74, 6) is 0. The lowest BCUT2D eigenvalue weighted by atomic mass is 9.80. The molecule has 0 saturated heterocycles. The molecule has 0 radical (unpaired) electrons. The van der Waals surface area contributed by atoms with Crippen molar-refractivity contribution >= 4 is 10.9 Å². The number of H-pyrrole nitrogens is 1. The topological polar surface area (TPSA) is 15.8 Å². The molecular formula is C14H19N. The van der Waals surface area contributed by atoms with Gasteiger partial charge in [0.1, 0.15) is 0 Å². The lowest BCUT2D eigenvalue weighted by molar-refractivity contribution is 0.507. The Morgan fingerprint density at radius 1 is 1.20 bits per heavy atom. The third-order valence-electron chi connectivity index (χ3n) is 3.45. The molecule has 0 saturated carbocycles. The molecule has 0 aliphatic heterocycles. The first kappa shape index (κ1) is 10.3. The van der Waals surface area contributed by atoms with Gasteiger partial charge in [-0.05, 0) is 30.4 Å². The van der Waals surface area contributed by atoms with Crippen molar-refractivity contribution in [2.75, 3.05) is 0 Å². The molecule has 1 aromatic heterocycles. The van der Waals surface area contributed by atoms with Gasteiger partial charge in [-0.3, -0.25) is 0 Å². The van der Waals surface area contributed by atoms with Crippen LogP contribution in [0.25, 0.3) is 10.9 Å². The predicted octanol–water partition coefficient (Wildman–Crippen LogP) is 4.16. The van der Waals surface area contributed by atoms with E-state index in [1.165, 1.54) is 22.2 Å². The van der Waals surface area contributed by atoms with E-state index in [1.807, 2.05) is 0 Å². The molecule has 0 unspecified atom stereocenters. The van der Waals surface area contributed by atoms with Gasteiger partial charge in [-0.1, -0.05) is 39.0 Å². The van der Waals surface area contributed by atoms with E-state index in [0.29, 0.717) is 0 Å². The molecule has 0 aliphatic carbocycles. The second kappa shape index (κ2) is 3.41. The number of hydrogen-bond acceptors (Lipinski definition) is 0. The highest BCUT2D eigenvalue weighted by atomic mass is 14.7. The van der Waals surface area contributed by atoms with E-state index in [4.69, 9.17) is 0 Å². The Morgan fingerprint density at radius 2 is 1.87 bits per heavy atom. The monoisotopic (exact) mass is 201 g/mol. The van der Waals surface area contributed by atoms with Crippen molar-refractivity contribution < 1.29 is 0 Å². The summed E-state index contributed by atoms with van der Waals surface area (Å²) in [5.41, 5.74) is 4.29. The zero-order valence-corrected chi connectivity index (χ0v) is 10.0. The van der Waals surface area contributed by atoms with Crippen molar-refractivity contribution in [1.82, 2.24) is 4.98 Å². The average Bonchev–Trinajstić information content (AvgIpc) is 2.54. The molecule has 2 aromatic rings. The van der Waals surface area contributed by atoms with Crippen LogP contribution in [0.15, 0.2) is 24.3 Å². The summed E-state index contributed by atoms with van der Waals surface area (Å²) >= 11 is 0. The standard InChI is InChI=1S/C14H19N/c1-5-14(3,4)13-10(2)15-12-9-7-6-8-11(12)13/h6-9,15H,5H2,1-4H3. The summed E-state index contributed by atoms with van der Waals surface area (Å²) in [6, 6.07) is 8.56. The summed E-state index contributed by atoms with van der Waals surface area (Å²) in [5, 5.41) is 1.38. The van der Waals surface area contributed by atoms with Crippen LogP contribution in [0.1, 0.15) is 38.4 Å². The Bertz CT molecular complexity index is 477. The Balaban J connectivity index is 2.74. The molecule has 1 heteroatoms. The molecule has 0 fully saturated rings. The Labute approximate surface area is 91.5 Å². The number of aryl methyl sites for hydroxylation is 1. The van der Waals surface area contributed by atoms with Crippen LogP contribution in [0.2, 0.25) is 0 Å². The van der Waals surface area contributed by atoms with E-state index in [-0.39, 0.29) is 5.41 Å². The largest absolute Gasteiger partial charge is 0.358 e. The lowest BCUT2D eigenvalue weighted by Crippen LogP contribution is -2.16. The minimum absolute atomic E-state index is 0.254. The predicted molar refractivity (Wildman–Crippen MR) is 66.4 cm³/mol. The van der Waals surface area contributed by atoms with Crippen LogP contribution < -0.4 is 0 Å². The van der Waals surface area contributed by atoms with E-state index in [2.05, 4.69) is 56.9 Å². The molecule has 1 N–H and O–H groups in total. The molecule has 0 atom stereocenters. The van der Waals surface area contributed by atoms with Crippen molar-refractivity contribution in [1.29, 1.82) is 0 Å². The lowest BCUT2D eigenvalue weighted by Gasteiger charge is -2.23. The normalized spacial score (nSPS) is 12.3. The molecule has 0 aliphatic rings. The number of nitrogens with one attached hydrogen (secondary N) is 1. The quantitative estimate of drug-likeness (QED) is 0.750. The van der Waals surface area contributed by atoms with Crippen molar-refractivity contribution in [3.8, 4) is 0 Å². The van der Waals surface area contributed by atoms with E-state index < -0.39 is 0 Å². The summed E-state index contributed by atoms with van der Waals surface area (Å²) in [7, 11) is 0. The zero-order valence-electron chi connectivity index (χ0n) is 10.0. The second-order valence-corrected chi connectivity index (χ2v) is 4.91. The van der Waals surface area contributed by atoms with E-state index in [0.717, 1.165) is 6.42 Å². The summed E-state index contributed by atoms with van der Waals surface area (Å²) < 4.78 is 0. The van der Waals surface area contributed by atoms with Gasteiger partial charge < -0.3 is 4.98 Å². The van der Waals surface area contributed by atoms with Gasteiger partial charge in [0.2, 0.25) is 0 Å². The number of aromatic nitrogens is 1. The van der Waals surface area contributed by atoms with Crippen LogP contribution in [0.4, 0.5) is 0 Å². The molecule has 2 rings (SSSR count). The van der Waals surface area contributed by atoms with E-state index in [9.17, 15) is 0 Å². The van der Waals surface area contributed by atoms with Crippen molar-refractivity contribution in [3.05, 3.63) is 35.5 Å². The number of fused-ring (bicyclic) bond motifs is 1. The third kappa shape index (κ3) is 1.56. The van der Waals surface area contributed by atoms with Crippen molar-refractivity contribution in [2.24, 2.45) is 0 Å². The van der Waals surface area contributed by atoms with Gasteiger partial charge in [0.15, 0.2) is 0 Å². The number of hydrogen-bond donors (Lipinski definition) is 1. The number of rotatable bonds is 2. The smallest absolute Gasteiger partial charge is 0.0459 e. The van der Waals surface area contributed by atoms with Gasteiger partial charge >= 0.3 is 0 Å². The van der Waals surface area contributed by atoms with Crippen molar-refractivity contribution in [3.63, 3.8) is 0 Å². The van der Waals surface area contributed by atoms with Crippen LogP contribution in [0.5, 0.6) is 0 Å². The first-order chi connectivity index (χ1) is 7.06. The zero-order chi connectivity index (χ0) is 11.1. The average molecular weight is 201 g/mol. The third-order valence-corrected chi connectivity index (χ3v) is 3.45. The number of aromatic amines is 1. The van der Waals surface area contributed by atoms with Gasteiger partial charge in [-0.25, -0.2) is 0 Å². The highest BCUT2D eigenvalue weighted by Gasteiger charge is 2.23. The van der Waals surface area contributed by atoms with Gasteiger partial charge in [0.05, 0.1) is 0 Å². The second-order valence-electron chi connectivity index (χ2n) is 4.91. The highest BCUT2D eigenvalue weighted by Crippen LogP contribution is 2.35. The first-order valence-corrected chi connectivity index (χ1v) is 5.64. The van der Waals surface area contributed by atoms with E-state index in [1.54, 1.807) is 0 Å². The van der Waals surface area contributed by atoms with Crippen molar-refractivity contribution in [2.45, 2.75) is 39.5 Å².